The Morgan fingerprint density at radius 2 is 1.83 bits per heavy atom. The van der Waals surface area contributed by atoms with E-state index in [1.807, 2.05) is 7.05 Å². The molecule has 0 unspecified atom stereocenters. The third-order valence-corrected chi connectivity index (χ3v) is 3.39. The van der Waals surface area contributed by atoms with Crippen LogP contribution in [0.5, 0.6) is 0 Å². The molecule has 0 aliphatic heterocycles. The van der Waals surface area contributed by atoms with Gasteiger partial charge in [-0.25, -0.2) is 9.97 Å². The molecule has 1 rings (SSSR count). The molecule has 0 fully saturated rings. The number of hydrogen-bond donors (Lipinski definition) is 2. The fourth-order valence-electron chi connectivity index (χ4n) is 1.73. The van der Waals surface area contributed by atoms with Gasteiger partial charge in [0.1, 0.15) is 18.0 Å². The average Bonchev–Trinajstić information content (AvgIpc) is 2.35. The second-order valence-corrected chi connectivity index (χ2v) is 5.76. The van der Waals surface area contributed by atoms with Gasteiger partial charge in [0, 0.05) is 19.2 Å². The van der Waals surface area contributed by atoms with Crippen LogP contribution in [0.3, 0.4) is 0 Å². The summed E-state index contributed by atoms with van der Waals surface area (Å²) in [7, 11) is 1.90. The first-order valence-electron chi connectivity index (χ1n) is 6.67. The van der Waals surface area contributed by atoms with E-state index in [0.29, 0.717) is 5.92 Å². The van der Waals surface area contributed by atoms with Crippen molar-refractivity contribution in [3.8, 4) is 0 Å². The second kappa shape index (κ2) is 6.03. The molecule has 0 atom stereocenters. The van der Waals surface area contributed by atoms with Crippen LogP contribution in [0, 0.1) is 5.41 Å². The lowest BCUT2D eigenvalue weighted by Gasteiger charge is -2.25. The lowest BCUT2D eigenvalue weighted by Crippen LogP contribution is -2.23. The fourth-order valence-corrected chi connectivity index (χ4v) is 1.73. The molecule has 4 nitrogen and oxygen atoms in total. The van der Waals surface area contributed by atoms with E-state index in [1.54, 1.807) is 6.33 Å². The highest BCUT2D eigenvalue weighted by Gasteiger charge is 2.18. The maximum atomic E-state index is 4.38. The highest BCUT2D eigenvalue weighted by Crippen LogP contribution is 2.29. The molecule has 0 aromatic carbocycles. The molecule has 0 radical (unpaired) electrons. The molecule has 2 N–H and O–H groups in total. The van der Waals surface area contributed by atoms with Crippen LogP contribution < -0.4 is 10.6 Å². The Morgan fingerprint density at radius 1 is 1.22 bits per heavy atom. The van der Waals surface area contributed by atoms with E-state index in [-0.39, 0.29) is 5.41 Å². The summed E-state index contributed by atoms with van der Waals surface area (Å²) in [5.41, 5.74) is 1.44. The molecule has 0 bridgehead atoms. The summed E-state index contributed by atoms with van der Waals surface area (Å²) in [5, 5.41) is 6.61. The van der Waals surface area contributed by atoms with Crippen LogP contribution in [0.4, 0.5) is 11.6 Å². The molecule has 0 saturated heterocycles. The van der Waals surface area contributed by atoms with E-state index in [4.69, 9.17) is 0 Å². The highest BCUT2D eigenvalue weighted by atomic mass is 15.1. The quantitative estimate of drug-likeness (QED) is 0.811. The van der Waals surface area contributed by atoms with Gasteiger partial charge in [0.25, 0.3) is 0 Å². The van der Waals surface area contributed by atoms with Gasteiger partial charge in [-0.05, 0) is 17.8 Å². The molecule has 0 aliphatic carbocycles. The van der Waals surface area contributed by atoms with Gasteiger partial charge < -0.3 is 10.6 Å². The molecule has 0 spiro atoms. The minimum atomic E-state index is 0.277. The average molecular weight is 250 g/mol. The Hall–Kier alpha value is -1.32. The predicted molar refractivity (Wildman–Crippen MR) is 78.2 cm³/mol. The molecule has 1 aromatic rings. The van der Waals surface area contributed by atoms with E-state index in [1.165, 1.54) is 0 Å². The predicted octanol–water partition coefficient (Wildman–Crippen LogP) is 3.49. The molecular weight excluding hydrogens is 224 g/mol. The van der Waals surface area contributed by atoms with E-state index < -0.39 is 0 Å². The normalized spacial score (nSPS) is 11.7. The van der Waals surface area contributed by atoms with Crippen molar-refractivity contribution >= 4 is 11.6 Å². The van der Waals surface area contributed by atoms with Gasteiger partial charge in [0.05, 0.1) is 0 Å². The Bertz CT molecular complexity index is 385. The Kier molecular flexibility index (Phi) is 4.93. The van der Waals surface area contributed by atoms with Crippen LogP contribution in [0.1, 0.15) is 52.5 Å². The van der Waals surface area contributed by atoms with Crippen LogP contribution in [-0.2, 0) is 0 Å². The third-order valence-electron chi connectivity index (χ3n) is 3.39. The van der Waals surface area contributed by atoms with Gasteiger partial charge in [0.15, 0.2) is 0 Å². The molecule has 18 heavy (non-hydrogen) atoms. The summed E-state index contributed by atoms with van der Waals surface area (Å²) in [6.07, 6.45) is 2.75. The van der Waals surface area contributed by atoms with Gasteiger partial charge >= 0.3 is 0 Å². The Morgan fingerprint density at radius 3 is 2.33 bits per heavy atom. The third kappa shape index (κ3) is 3.59. The van der Waals surface area contributed by atoms with Gasteiger partial charge in [-0.2, -0.15) is 0 Å². The molecule has 102 valence electrons. The largest absolute Gasteiger partial charge is 0.373 e. The van der Waals surface area contributed by atoms with Gasteiger partial charge in [-0.15, -0.1) is 0 Å². The SMILES string of the molecule is CCC(C)(C)CNc1ncnc(NC)c1C(C)C. The first-order chi connectivity index (χ1) is 8.41. The van der Waals surface area contributed by atoms with E-state index in [2.05, 4.69) is 55.2 Å². The zero-order valence-corrected chi connectivity index (χ0v) is 12.5. The van der Waals surface area contributed by atoms with Crippen LogP contribution in [0.15, 0.2) is 6.33 Å². The van der Waals surface area contributed by atoms with Crippen molar-refractivity contribution in [1.82, 2.24) is 9.97 Å². The molecule has 0 saturated carbocycles. The molecule has 1 aromatic heterocycles. The Labute approximate surface area is 111 Å². The van der Waals surface area contributed by atoms with Crippen LogP contribution in [-0.4, -0.2) is 23.6 Å². The number of nitrogens with zero attached hydrogens (tertiary/aromatic N) is 2. The van der Waals surface area contributed by atoms with E-state index in [0.717, 1.165) is 30.2 Å². The molecule has 1 heterocycles. The number of anilines is 2. The summed E-state index contributed by atoms with van der Waals surface area (Å²) in [4.78, 5) is 8.67. The van der Waals surface area contributed by atoms with Gasteiger partial charge in [-0.3, -0.25) is 0 Å². The summed E-state index contributed by atoms with van der Waals surface area (Å²) in [5.74, 6) is 2.25. The molecular formula is C14H26N4. The number of hydrogen-bond acceptors (Lipinski definition) is 4. The minimum Gasteiger partial charge on any atom is -0.373 e. The Balaban J connectivity index is 2.95. The monoisotopic (exact) mass is 250 g/mol. The van der Waals surface area contributed by atoms with Gasteiger partial charge in [0.2, 0.25) is 0 Å². The smallest absolute Gasteiger partial charge is 0.135 e. The van der Waals surface area contributed by atoms with Crippen molar-refractivity contribution < 1.29 is 0 Å². The fraction of sp³-hybridized carbons (Fsp3) is 0.714. The summed E-state index contributed by atoms with van der Waals surface area (Å²) >= 11 is 0. The topological polar surface area (TPSA) is 49.8 Å². The number of nitrogens with one attached hydrogen (secondary N) is 2. The van der Waals surface area contributed by atoms with E-state index >= 15 is 0 Å². The zero-order chi connectivity index (χ0) is 13.8. The second-order valence-electron chi connectivity index (χ2n) is 5.76. The first kappa shape index (κ1) is 14.7. The van der Waals surface area contributed by atoms with Crippen molar-refractivity contribution in [2.75, 3.05) is 24.2 Å². The van der Waals surface area contributed by atoms with Crippen LogP contribution in [0.2, 0.25) is 0 Å². The van der Waals surface area contributed by atoms with Gasteiger partial charge in [-0.1, -0.05) is 34.6 Å². The summed E-state index contributed by atoms with van der Waals surface area (Å²) < 4.78 is 0. The standard InChI is InChI=1S/C14H26N4/c1-7-14(4,5)8-16-13-11(10(2)3)12(15-6)17-9-18-13/h9-10H,7-8H2,1-6H3,(H2,15,16,17,18). The maximum absolute atomic E-state index is 4.38. The van der Waals surface area contributed by atoms with Crippen LogP contribution in [0.25, 0.3) is 0 Å². The molecule has 0 aliphatic rings. The molecule has 0 amide bonds. The van der Waals surface area contributed by atoms with E-state index in [9.17, 15) is 0 Å². The molecule has 4 heteroatoms. The van der Waals surface area contributed by atoms with Crippen molar-refractivity contribution in [3.63, 3.8) is 0 Å². The van der Waals surface area contributed by atoms with Crippen molar-refractivity contribution in [1.29, 1.82) is 0 Å². The van der Waals surface area contributed by atoms with Crippen molar-refractivity contribution in [2.45, 2.75) is 47.0 Å². The highest BCUT2D eigenvalue weighted by molar-refractivity contribution is 5.58. The minimum absolute atomic E-state index is 0.277. The number of aromatic nitrogens is 2. The zero-order valence-electron chi connectivity index (χ0n) is 12.5. The lowest BCUT2D eigenvalue weighted by molar-refractivity contribution is 0.376. The number of rotatable bonds is 6. The van der Waals surface area contributed by atoms with Crippen LogP contribution >= 0.6 is 0 Å². The summed E-state index contributed by atoms with van der Waals surface area (Å²) in [6, 6.07) is 0. The van der Waals surface area contributed by atoms with Crippen molar-refractivity contribution in [2.24, 2.45) is 5.41 Å². The first-order valence-corrected chi connectivity index (χ1v) is 6.67. The lowest BCUT2D eigenvalue weighted by atomic mass is 9.90. The maximum Gasteiger partial charge on any atom is 0.135 e. The summed E-state index contributed by atoms with van der Waals surface area (Å²) in [6.45, 7) is 12.0. The van der Waals surface area contributed by atoms with Crippen molar-refractivity contribution in [3.05, 3.63) is 11.9 Å².